The number of anilines is 1. The van der Waals surface area contributed by atoms with Crippen molar-refractivity contribution in [3.8, 4) is 5.75 Å². The van der Waals surface area contributed by atoms with Crippen LogP contribution in [0, 0.1) is 6.92 Å². The van der Waals surface area contributed by atoms with E-state index in [2.05, 4.69) is 22.1 Å². The van der Waals surface area contributed by atoms with Crippen molar-refractivity contribution in [3.63, 3.8) is 0 Å². The molecule has 23 heavy (non-hydrogen) atoms. The van der Waals surface area contributed by atoms with Gasteiger partial charge >= 0.3 is 0 Å². The summed E-state index contributed by atoms with van der Waals surface area (Å²) < 4.78 is 6.40. The molecule has 1 N–H and O–H groups in total. The van der Waals surface area contributed by atoms with Gasteiger partial charge in [0.2, 0.25) is 5.13 Å². The van der Waals surface area contributed by atoms with Gasteiger partial charge in [0.05, 0.1) is 0 Å². The van der Waals surface area contributed by atoms with E-state index in [1.54, 1.807) is 31.2 Å². The van der Waals surface area contributed by atoms with Crippen LogP contribution in [-0.2, 0) is 4.79 Å². The lowest BCUT2D eigenvalue weighted by Crippen LogP contribution is -2.30. The minimum atomic E-state index is -0.663. The minimum absolute atomic E-state index is 0.283. The predicted molar refractivity (Wildman–Crippen MR) is 95.7 cm³/mol. The Morgan fingerprint density at radius 1 is 1.57 bits per heavy atom. The summed E-state index contributed by atoms with van der Waals surface area (Å²) >= 11 is 8.80. The summed E-state index contributed by atoms with van der Waals surface area (Å²) in [7, 11) is 0. The molecule has 1 heterocycles. The molecule has 0 radical (unpaired) electrons. The molecule has 0 fully saturated rings. The number of carbonyl (C=O) groups is 1. The monoisotopic (exact) mass is 369 g/mol. The molecule has 5 nitrogen and oxygen atoms in total. The van der Waals surface area contributed by atoms with Crippen molar-refractivity contribution in [3.05, 3.63) is 41.4 Å². The highest BCUT2D eigenvalue weighted by atomic mass is 35.5. The molecule has 1 aromatic carbocycles. The van der Waals surface area contributed by atoms with E-state index in [1.165, 1.54) is 23.1 Å². The van der Waals surface area contributed by atoms with Crippen molar-refractivity contribution in [2.45, 2.75) is 24.3 Å². The summed E-state index contributed by atoms with van der Waals surface area (Å²) in [5, 5.41) is 11.7. The van der Waals surface area contributed by atoms with Gasteiger partial charge in [0, 0.05) is 10.8 Å². The van der Waals surface area contributed by atoms with E-state index < -0.39 is 6.10 Å². The van der Waals surface area contributed by atoms with Gasteiger partial charge in [0.15, 0.2) is 10.4 Å². The molecule has 1 unspecified atom stereocenters. The first kappa shape index (κ1) is 17.8. The maximum absolute atomic E-state index is 12.1. The van der Waals surface area contributed by atoms with Crippen molar-refractivity contribution in [1.82, 2.24) is 10.2 Å². The molecule has 0 saturated carbocycles. The Balaban J connectivity index is 1.92. The molecule has 122 valence electrons. The number of amides is 1. The van der Waals surface area contributed by atoms with E-state index in [1.807, 2.05) is 6.92 Å². The number of hydrogen-bond donors (Lipinski definition) is 1. The van der Waals surface area contributed by atoms with Crippen LogP contribution in [0.5, 0.6) is 5.75 Å². The van der Waals surface area contributed by atoms with Crippen molar-refractivity contribution in [1.29, 1.82) is 0 Å². The predicted octanol–water partition coefficient (Wildman–Crippen LogP) is 4.18. The smallest absolute Gasteiger partial charge is 0.266 e. The van der Waals surface area contributed by atoms with Crippen LogP contribution in [0.15, 0.2) is 35.2 Å². The second-order valence-corrected chi connectivity index (χ2v) is 7.28. The number of nitrogens with zero attached hydrogens (tertiary/aromatic N) is 2. The first-order valence-corrected chi connectivity index (χ1v) is 8.98. The number of ether oxygens (including phenoxy) is 1. The number of nitrogens with one attached hydrogen (secondary N) is 1. The minimum Gasteiger partial charge on any atom is -0.481 e. The van der Waals surface area contributed by atoms with Crippen LogP contribution in [0.25, 0.3) is 0 Å². The van der Waals surface area contributed by atoms with Crippen LogP contribution in [0.3, 0.4) is 0 Å². The van der Waals surface area contributed by atoms with E-state index in [0.29, 0.717) is 15.9 Å². The molecular weight excluding hydrogens is 354 g/mol. The van der Waals surface area contributed by atoms with Gasteiger partial charge in [-0.05, 0) is 37.6 Å². The fraction of sp³-hybridized carbons (Fsp3) is 0.267. The van der Waals surface area contributed by atoms with Gasteiger partial charge in [-0.15, -0.1) is 16.8 Å². The van der Waals surface area contributed by atoms with Crippen LogP contribution in [0.2, 0.25) is 5.02 Å². The third kappa shape index (κ3) is 5.23. The van der Waals surface area contributed by atoms with E-state index in [9.17, 15) is 4.79 Å². The van der Waals surface area contributed by atoms with E-state index in [0.717, 1.165) is 15.7 Å². The summed E-state index contributed by atoms with van der Waals surface area (Å²) in [5.74, 6) is 1.06. The standard InChI is InChI=1S/C15H16ClN3O2S2/c1-4-7-22-15-19-18-14(23-15)17-13(20)10(3)21-11-5-6-12(16)9(2)8-11/h4-6,8,10H,1,7H2,2-3H3,(H,17,18,20). The topological polar surface area (TPSA) is 64.1 Å². The fourth-order valence-corrected chi connectivity index (χ4v) is 3.24. The highest BCUT2D eigenvalue weighted by Crippen LogP contribution is 2.26. The number of halogens is 1. The summed E-state index contributed by atoms with van der Waals surface area (Å²) in [6.45, 7) is 7.20. The van der Waals surface area contributed by atoms with Gasteiger partial charge in [-0.25, -0.2) is 0 Å². The van der Waals surface area contributed by atoms with Crippen molar-refractivity contribution in [2.24, 2.45) is 0 Å². The molecule has 0 aliphatic carbocycles. The Labute approximate surface area is 148 Å². The summed E-state index contributed by atoms with van der Waals surface area (Å²) in [4.78, 5) is 12.1. The molecule has 1 atom stereocenters. The molecular formula is C15H16ClN3O2S2. The van der Waals surface area contributed by atoms with Crippen molar-refractivity contribution in [2.75, 3.05) is 11.1 Å². The van der Waals surface area contributed by atoms with Gasteiger partial charge in [0.25, 0.3) is 5.91 Å². The molecule has 1 aromatic heterocycles. The second kappa shape index (κ2) is 8.33. The van der Waals surface area contributed by atoms with Crippen molar-refractivity contribution < 1.29 is 9.53 Å². The highest BCUT2D eigenvalue weighted by Gasteiger charge is 2.17. The fourth-order valence-electron chi connectivity index (χ4n) is 1.60. The average Bonchev–Trinajstić information content (AvgIpc) is 2.96. The zero-order valence-electron chi connectivity index (χ0n) is 12.7. The highest BCUT2D eigenvalue weighted by molar-refractivity contribution is 8.01. The number of benzene rings is 1. The van der Waals surface area contributed by atoms with Crippen LogP contribution in [0.1, 0.15) is 12.5 Å². The van der Waals surface area contributed by atoms with Crippen LogP contribution in [0.4, 0.5) is 5.13 Å². The lowest BCUT2D eigenvalue weighted by atomic mass is 10.2. The largest absolute Gasteiger partial charge is 0.481 e. The first-order chi connectivity index (χ1) is 11.0. The molecule has 0 spiro atoms. The average molecular weight is 370 g/mol. The number of thioether (sulfide) groups is 1. The number of aromatic nitrogens is 2. The Kier molecular flexibility index (Phi) is 6.44. The van der Waals surface area contributed by atoms with Gasteiger partial charge in [0.1, 0.15) is 5.75 Å². The molecule has 2 rings (SSSR count). The van der Waals surface area contributed by atoms with E-state index >= 15 is 0 Å². The Bertz CT molecular complexity index is 706. The lowest BCUT2D eigenvalue weighted by Gasteiger charge is -2.14. The normalized spacial score (nSPS) is 11.8. The number of carbonyl (C=O) groups excluding carboxylic acids is 1. The first-order valence-electron chi connectivity index (χ1n) is 6.80. The van der Waals surface area contributed by atoms with Crippen LogP contribution >= 0.6 is 34.7 Å². The third-order valence-corrected chi connectivity index (χ3v) is 5.16. The van der Waals surface area contributed by atoms with Crippen molar-refractivity contribution >= 4 is 45.7 Å². The summed E-state index contributed by atoms with van der Waals surface area (Å²) in [6.07, 6.45) is 1.12. The maximum atomic E-state index is 12.1. The van der Waals surface area contributed by atoms with Gasteiger partial charge < -0.3 is 4.74 Å². The summed E-state index contributed by atoms with van der Waals surface area (Å²) in [5.41, 5.74) is 0.893. The number of aryl methyl sites for hydroxylation is 1. The van der Waals surface area contributed by atoms with E-state index in [-0.39, 0.29) is 5.91 Å². The molecule has 8 heteroatoms. The number of rotatable bonds is 7. The lowest BCUT2D eigenvalue weighted by molar-refractivity contribution is -0.122. The zero-order valence-corrected chi connectivity index (χ0v) is 15.1. The molecule has 0 saturated heterocycles. The summed E-state index contributed by atoms with van der Waals surface area (Å²) in [6, 6.07) is 5.26. The molecule has 0 aliphatic rings. The van der Waals surface area contributed by atoms with Gasteiger partial charge in [-0.1, -0.05) is 40.8 Å². The molecule has 1 amide bonds. The zero-order chi connectivity index (χ0) is 16.8. The molecule has 2 aromatic rings. The second-order valence-electron chi connectivity index (χ2n) is 4.63. The molecule has 0 aliphatic heterocycles. The third-order valence-electron chi connectivity index (χ3n) is 2.77. The molecule has 0 bridgehead atoms. The SMILES string of the molecule is C=CCSc1nnc(NC(=O)C(C)Oc2ccc(Cl)c(C)c2)s1. The van der Waals surface area contributed by atoms with Gasteiger partial charge in [-0.3, -0.25) is 10.1 Å². The Morgan fingerprint density at radius 2 is 2.35 bits per heavy atom. The quantitative estimate of drug-likeness (QED) is 0.450. The van der Waals surface area contributed by atoms with E-state index in [4.69, 9.17) is 16.3 Å². The van der Waals surface area contributed by atoms with Gasteiger partial charge in [-0.2, -0.15) is 0 Å². The maximum Gasteiger partial charge on any atom is 0.266 e. The number of hydrogen-bond acceptors (Lipinski definition) is 6. The van der Waals surface area contributed by atoms with Crippen LogP contribution in [-0.4, -0.2) is 28.0 Å². The Hall–Kier alpha value is -1.57. The van der Waals surface area contributed by atoms with Crippen LogP contribution < -0.4 is 10.1 Å². The Morgan fingerprint density at radius 3 is 3.04 bits per heavy atom.